The molecule has 26 heavy (non-hydrogen) atoms. The largest absolute Gasteiger partial charge is 0.481 e. The van der Waals surface area contributed by atoms with Crippen molar-refractivity contribution in [2.24, 2.45) is 0 Å². The summed E-state index contributed by atoms with van der Waals surface area (Å²) in [6.45, 7) is 0.516. The number of nitrogens with one attached hydrogen (secondary N) is 1. The van der Waals surface area contributed by atoms with Crippen LogP contribution in [0, 0.1) is 0 Å². The maximum absolute atomic E-state index is 12.3. The van der Waals surface area contributed by atoms with Gasteiger partial charge in [-0.15, -0.1) is 0 Å². The molecule has 2 N–H and O–H groups in total. The van der Waals surface area contributed by atoms with Gasteiger partial charge >= 0.3 is 5.97 Å². The third kappa shape index (κ3) is 4.66. The van der Waals surface area contributed by atoms with Crippen molar-refractivity contribution in [1.82, 2.24) is 10.3 Å². The zero-order valence-corrected chi connectivity index (χ0v) is 14.3. The summed E-state index contributed by atoms with van der Waals surface area (Å²) < 4.78 is 0. The van der Waals surface area contributed by atoms with E-state index in [2.05, 4.69) is 10.3 Å². The number of hydrogen-bond acceptors (Lipinski definition) is 3. The normalized spacial score (nSPS) is 10.6. The Labute approximate surface area is 151 Å². The van der Waals surface area contributed by atoms with Gasteiger partial charge in [-0.1, -0.05) is 48.5 Å². The molecule has 2 aromatic carbocycles. The lowest BCUT2D eigenvalue weighted by molar-refractivity contribution is -0.136. The number of benzene rings is 2. The average molecular weight is 348 g/mol. The van der Waals surface area contributed by atoms with Gasteiger partial charge < -0.3 is 10.4 Å². The Hall–Kier alpha value is -3.21. The third-order valence-corrected chi connectivity index (χ3v) is 4.18. The molecule has 0 aliphatic heterocycles. The summed E-state index contributed by atoms with van der Waals surface area (Å²) in [5.74, 6) is -0.979. The molecule has 1 aromatic heterocycles. The van der Waals surface area contributed by atoms with E-state index in [1.165, 1.54) is 0 Å². The molecule has 0 atom stereocenters. The van der Waals surface area contributed by atoms with Crippen LogP contribution >= 0.6 is 0 Å². The van der Waals surface area contributed by atoms with Crippen LogP contribution in [0.1, 0.15) is 28.0 Å². The van der Waals surface area contributed by atoms with E-state index in [1.807, 2.05) is 54.6 Å². The number of para-hydroxylation sites is 1. The van der Waals surface area contributed by atoms with Crippen LogP contribution in [0.4, 0.5) is 0 Å². The number of aromatic nitrogens is 1. The highest BCUT2D eigenvalue weighted by Crippen LogP contribution is 2.12. The van der Waals surface area contributed by atoms with Crippen molar-refractivity contribution in [3.05, 3.63) is 77.5 Å². The van der Waals surface area contributed by atoms with Crippen molar-refractivity contribution in [3.8, 4) is 0 Å². The van der Waals surface area contributed by atoms with Crippen molar-refractivity contribution in [2.45, 2.75) is 19.3 Å². The summed E-state index contributed by atoms with van der Waals surface area (Å²) in [5, 5.41) is 12.6. The maximum atomic E-state index is 12.3. The molecule has 1 heterocycles. The van der Waals surface area contributed by atoms with Gasteiger partial charge in [0.15, 0.2) is 0 Å². The minimum absolute atomic E-state index is 0.133. The fourth-order valence-electron chi connectivity index (χ4n) is 2.73. The fourth-order valence-corrected chi connectivity index (χ4v) is 2.73. The minimum atomic E-state index is -0.793. The van der Waals surface area contributed by atoms with Crippen molar-refractivity contribution < 1.29 is 14.7 Å². The lowest BCUT2D eigenvalue weighted by atomic mass is 10.1. The van der Waals surface area contributed by atoms with E-state index in [-0.39, 0.29) is 12.3 Å². The molecule has 0 aliphatic rings. The van der Waals surface area contributed by atoms with E-state index in [1.54, 1.807) is 6.07 Å². The lowest BCUT2D eigenvalue weighted by Gasteiger charge is -2.07. The van der Waals surface area contributed by atoms with E-state index >= 15 is 0 Å². The molecule has 0 bridgehead atoms. The molecule has 3 aromatic rings. The number of hydrogen-bond donors (Lipinski definition) is 2. The summed E-state index contributed by atoms with van der Waals surface area (Å²) >= 11 is 0. The van der Waals surface area contributed by atoms with Gasteiger partial charge in [0.2, 0.25) is 0 Å². The first-order valence-electron chi connectivity index (χ1n) is 8.55. The Balaban J connectivity index is 1.52. The first-order valence-corrected chi connectivity index (χ1v) is 8.55. The molecule has 0 saturated carbocycles. The standard InChI is InChI=1S/C21H20N2O3/c24-20(25)12-9-15-5-7-16(8-6-15)13-14-22-21(26)19-11-10-17-3-1-2-4-18(17)23-19/h1-8,10-11H,9,12-14H2,(H,22,26)(H,24,25). The van der Waals surface area contributed by atoms with Crippen LogP contribution < -0.4 is 5.32 Å². The molecule has 0 saturated heterocycles. The van der Waals surface area contributed by atoms with Crippen molar-refractivity contribution in [2.75, 3.05) is 6.54 Å². The van der Waals surface area contributed by atoms with Gasteiger partial charge in [0.25, 0.3) is 5.91 Å². The Kier molecular flexibility index (Phi) is 5.59. The number of fused-ring (bicyclic) bond motifs is 1. The van der Waals surface area contributed by atoms with Gasteiger partial charge in [-0.2, -0.15) is 0 Å². The maximum Gasteiger partial charge on any atom is 0.303 e. The van der Waals surface area contributed by atoms with Crippen LogP contribution in [0.3, 0.4) is 0 Å². The molecule has 3 rings (SSSR count). The number of pyridine rings is 1. The van der Waals surface area contributed by atoms with Crippen molar-refractivity contribution in [3.63, 3.8) is 0 Å². The molecule has 132 valence electrons. The topological polar surface area (TPSA) is 79.3 Å². The molecule has 0 unspecified atom stereocenters. The van der Waals surface area contributed by atoms with E-state index in [0.717, 1.165) is 22.0 Å². The van der Waals surface area contributed by atoms with Crippen LogP contribution in [0.5, 0.6) is 0 Å². The predicted molar refractivity (Wildman–Crippen MR) is 100 cm³/mol. The Bertz CT molecular complexity index is 920. The molecule has 0 radical (unpaired) electrons. The lowest BCUT2D eigenvalue weighted by Crippen LogP contribution is -2.26. The second-order valence-electron chi connectivity index (χ2n) is 6.11. The molecular weight excluding hydrogens is 328 g/mol. The number of carbonyl (C=O) groups is 2. The van der Waals surface area contributed by atoms with E-state index in [4.69, 9.17) is 5.11 Å². The third-order valence-electron chi connectivity index (χ3n) is 4.18. The van der Waals surface area contributed by atoms with Gasteiger partial charge in [0.05, 0.1) is 5.52 Å². The molecule has 0 aliphatic carbocycles. The monoisotopic (exact) mass is 348 g/mol. The first kappa shape index (κ1) is 17.6. The molecule has 0 fully saturated rings. The summed E-state index contributed by atoms with van der Waals surface area (Å²) in [4.78, 5) is 27.2. The Morgan fingerprint density at radius 3 is 2.31 bits per heavy atom. The minimum Gasteiger partial charge on any atom is -0.481 e. The molecule has 1 amide bonds. The number of carbonyl (C=O) groups excluding carboxylic acids is 1. The highest BCUT2D eigenvalue weighted by molar-refractivity contribution is 5.94. The van der Waals surface area contributed by atoms with Gasteiger partial charge in [-0.3, -0.25) is 9.59 Å². The number of aliphatic carboxylic acids is 1. The van der Waals surface area contributed by atoms with Crippen LogP contribution in [0.15, 0.2) is 60.7 Å². The number of amides is 1. The van der Waals surface area contributed by atoms with Gasteiger partial charge in [0.1, 0.15) is 5.69 Å². The van der Waals surface area contributed by atoms with E-state index < -0.39 is 5.97 Å². The highest BCUT2D eigenvalue weighted by Gasteiger charge is 2.07. The zero-order chi connectivity index (χ0) is 18.4. The second-order valence-corrected chi connectivity index (χ2v) is 6.11. The van der Waals surface area contributed by atoms with Gasteiger partial charge in [-0.05, 0) is 36.1 Å². The number of nitrogens with zero attached hydrogens (tertiary/aromatic N) is 1. The van der Waals surface area contributed by atoms with Crippen LogP contribution in [-0.4, -0.2) is 28.5 Å². The summed E-state index contributed by atoms with van der Waals surface area (Å²) in [5.41, 5.74) is 3.31. The highest BCUT2D eigenvalue weighted by atomic mass is 16.4. The Morgan fingerprint density at radius 2 is 1.58 bits per heavy atom. The smallest absolute Gasteiger partial charge is 0.303 e. The first-order chi connectivity index (χ1) is 12.6. The van der Waals surface area contributed by atoms with Gasteiger partial charge in [0, 0.05) is 18.4 Å². The van der Waals surface area contributed by atoms with Crippen molar-refractivity contribution in [1.29, 1.82) is 0 Å². The summed E-state index contributed by atoms with van der Waals surface area (Å²) in [6, 6.07) is 19.1. The molecular formula is C21H20N2O3. The van der Waals surface area contributed by atoms with E-state index in [9.17, 15) is 9.59 Å². The van der Waals surface area contributed by atoms with Crippen molar-refractivity contribution >= 4 is 22.8 Å². The summed E-state index contributed by atoms with van der Waals surface area (Å²) in [7, 11) is 0. The quantitative estimate of drug-likeness (QED) is 0.687. The summed E-state index contributed by atoms with van der Waals surface area (Å²) in [6.07, 6.45) is 1.37. The van der Waals surface area contributed by atoms with Crippen LogP contribution in [-0.2, 0) is 17.6 Å². The molecule has 5 nitrogen and oxygen atoms in total. The molecule has 5 heteroatoms. The second kappa shape index (κ2) is 8.25. The Morgan fingerprint density at radius 1 is 0.885 bits per heavy atom. The SMILES string of the molecule is O=C(O)CCc1ccc(CCNC(=O)c2ccc3ccccc3n2)cc1. The molecule has 0 spiro atoms. The average Bonchev–Trinajstić information content (AvgIpc) is 2.67. The van der Waals surface area contributed by atoms with Crippen LogP contribution in [0.25, 0.3) is 10.9 Å². The predicted octanol–water partition coefficient (Wildman–Crippen LogP) is 3.22. The van der Waals surface area contributed by atoms with E-state index in [0.29, 0.717) is 25.1 Å². The fraction of sp³-hybridized carbons (Fsp3) is 0.190. The number of carboxylic acid groups (broad SMARTS) is 1. The zero-order valence-electron chi connectivity index (χ0n) is 14.3. The number of carboxylic acids is 1. The number of rotatable bonds is 7. The van der Waals surface area contributed by atoms with Crippen LogP contribution in [0.2, 0.25) is 0 Å². The van der Waals surface area contributed by atoms with Gasteiger partial charge in [-0.25, -0.2) is 4.98 Å². The number of aryl methyl sites for hydroxylation is 1.